The minimum absolute atomic E-state index is 0.124. The van der Waals surface area contributed by atoms with Crippen LogP contribution in [-0.2, 0) is 19.6 Å². The molecular weight excluding hydrogens is 380 g/mol. The first-order valence-electron chi connectivity index (χ1n) is 9.01. The van der Waals surface area contributed by atoms with E-state index in [0.717, 1.165) is 9.87 Å². The number of rotatable bonds is 6. The van der Waals surface area contributed by atoms with Crippen LogP contribution < -0.4 is 9.04 Å². The van der Waals surface area contributed by atoms with Crippen LogP contribution in [0.5, 0.6) is 5.75 Å². The number of amides is 1. The Kier molecular flexibility index (Phi) is 6.21. The van der Waals surface area contributed by atoms with Crippen molar-refractivity contribution in [3.8, 4) is 5.75 Å². The zero-order chi connectivity index (χ0) is 20.1. The number of hydrogen-bond acceptors (Lipinski definition) is 5. The fourth-order valence-corrected chi connectivity index (χ4v) is 4.43. The number of hydrogen-bond donors (Lipinski definition) is 0. The quantitative estimate of drug-likeness (QED) is 0.737. The highest BCUT2D eigenvalue weighted by atomic mass is 32.2. The summed E-state index contributed by atoms with van der Waals surface area (Å²) in [5.41, 5.74) is 1.28. The lowest BCUT2D eigenvalue weighted by Gasteiger charge is -2.31. The first-order chi connectivity index (χ1) is 13.4. The molecule has 1 aliphatic rings. The number of morpholine rings is 1. The van der Waals surface area contributed by atoms with Gasteiger partial charge in [0.15, 0.2) is 0 Å². The minimum atomic E-state index is -3.96. The van der Waals surface area contributed by atoms with Gasteiger partial charge in [0.1, 0.15) is 12.3 Å². The lowest BCUT2D eigenvalue weighted by molar-refractivity contribution is -0.133. The van der Waals surface area contributed by atoms with Gasteiger partial charge in [-0.05, 0) is 31.2 Å². The fraction of sp³-hybridized carbons (Fsp3) is 0.350. The van der Waals surface area contributed by atoms with Crippen molar-refractivity contribution < 1.29 is 22.7 Å². The molecule has 150 valence electrons. The van der Waals surface area contributed by atoms with E-state index in [0.29, 0.717) is 37.7 Å². The van der Waals surface area contributed by atoms with Gasteiger partial charge < -0.3 is 14.4 Å². The number of para-hydroxylation sites is 2. The molecule has 0 unspecified atom stereocenters. The van der Waals surface area contributed by atoms with Crippen LogP contribution in [0.25, 0.3) is 0 Å². The molecule has 1 saturated heterocycles. The first-order valence-corrected chi connectivity index (χ1v) is 10.5. The monoisotopic (exact) mass is 404 g/mol. The third-order valence-corrected chi connectivity index (χ3v) is 6.38. The van der Waals surface area contributed by atoms with Crippen molar-refractivity contribution in [2.24, 2.45) is 0 Å². The second-order valence-corrected chi connectivity index (χ2v) is 8.35. The van der Waals surface area contributed by atoms with Crippen LogP contribution in [0, 0.1) is 6.92 Å². The molecule has 1 heterocycles. The summed E-state index contributed by atoms with van der Waals surface area (Å²) in [4.78, 5) is 14.6. The van der Waals surface area contributed by atoms with Gasteiger partial charge >= 0.3 is 0 Å². The first kappa shape index (κ1) is 20.2. The summed E-state index contributed by atoms with van der Waals surface area (Å²) in [5.74, 6) is 0.109. The van der Waals surface area contributed by atoms with E-state index in [1.54, 1.807) is 53.4 Å². The van der Waals surface area contributed by atoms with Gasteiger partial charge in [-0.25, -0.2) is 8.42 Å². The van der Waals surface area contributed by atoms with Crippen molar-refractivity contribution in [3.05, 3.63) is 54.1 Å². The highest BCUT2D eigenvalue weighted by Crippen LogP contribution is 2.32. The molecule has 2 aromatic rings. The number of aryl methyl sites for hydroxylation is 1. The van der Waals surface area contributed by atoms with Crippen LogP contribution in [0.15, 0.2) is 53.4 Å². The molecule has 0 N–H and O–H groups in total. The van der Waals surface area contributed by atoms with Crippen LogP contribution in [0.2, 0.25) is 0 Å². The second kappa shape index (κ2) is 8.62. The molecule has 0 spiro atoms. The van der Waals surface area contributed by atoms with Gasteiger partial charge in [-0.3, -0.25) is 9.10 Å². The lowest BCUT2D eigenvalue weighted by Crippen LogP contribution is -2.47. The fourth-order valence-electron chi connectivity index (χ4n) is 3.01. The van der Waals surface area contributed by atoms with E-state index in [4.69, 9.17) is 9.47 Å². The van der Waals surface area contributed by atoms with Crippen LogP contribution in [0.3, 0.4) is 0 Å². The summed E-state index contributed by atoms with van der Waals surface area (Å²) >= 11 is 0. The number of anilines is 1. The normalized spacial score (nSPS) is 14.6. The van der Waals surface area contributed by atoms with E-state index in [-0.39, 0.29) is 17.3 Å². The Bertz CT molecular complexity index is 922. The van der Waals surface area contributed by atoms with Gasteiger partial charge in [-0.15, -0.1) is 0 Å². The molecular formula is C20H24N2O5S. The Morgan fingerprint density at radius 2 is 1.75 bits per heavy atom. The van der Waals surface area contributed by atoms with Crippen molar-refractivity contribution >= 4 is 21.6 Å². The number of nitrogens with zero attached hydrogens (tertiary/aromatic N) is 2. The van der Waals surface area contributed by atoms with Crippen LogP contribution >= 0.6 is 0 Å². The molecule has 1 amide bonds. The maximum atomic E-state index is 13.4. The molecule has 0 radical (unpaired) electrons. The zero-order valence-corrected chi connectivity index (χ0v) is 16.8. The smallest absolute Gasteiger partial charge is 0.264 e. The van der Waals surface area contributed by atoms with Crippen molar-refractivity contribution in [1.82, 2.24) is 4.90 Å². The molecule has 0 atom stereocenters. The largest absolute Gasteiger partial charge is 0.495 e. The van der Waals surface area contributed by atoms with Gasteiger partial charge in [0, 0.05) is 13.1 Å². The Balaban J connectivity index is 2.01. The van der Waals surface area contributed by atoms with Crippen LogP contribution in [0.4, 0.5) is 5.69 Å². The van der Waals surface area contributed by atoms with Gasteiger partial charge in [0.2, 0.25) is 5.91 Å². The number of ether oxygens (including phenoxy) is 2. The molecule has 3 rings (SSSR count). The summed E-state index contributed by atoms with van der Waals surface area (Å²) in [6.07, 6.45) is 0. The van der Waals surface area contributed by atoms with Gasteiger partial charge in [-0.1, -0.05) is 29.8 Å². The highest BCUT2D eigenvalue weighted by Gasteiger charge is 2.31. The molecule has 1 aliphatic heterocycles. The number of carbonyl (C=O) groups excluding carboxylic acids is 1. The highest BCUT2D eigenvalue weighted by molar-refractivity contribution is 7.92. The molecule has 0 aliphatic carbocycles. The van der Waals surface area contributed by atoms with E-state index < -0.39 is 10.0 Å². The van der Waals surface area contributed by atoms with Crippen molar-refractivity contribution in [1.29, 1.82) is 0 Å². The molecule has 7 nitrogen and oxygen atoms in total. The summed E-state index contributed by atoms with van der Waals surface area (Å²) in [6.45, 7) is 3.37. The topological polar surface area (TPSA) is 76.2 Å². The van der Waals surface area contributed by atoms with Crippen LogP contribution in [0.1, 0.15) is 5.56 Å². The standard InChI is InChI=1S/C20H24N2O5S/c1-16-7-9-17(10-8-16)28(24,25)22(18-5-3-4-6-19(18)26-2)15-20(23)21-11-13-27-14-12-21/h3-10H,11-15H2,1-2H3. The zero-order valence-electron chi connectivity index (χ0n) is 16.0. The van der Waals surface area contributed by atoms with Crippen molar-refractivity contribution in [2.45, 2.75) is 11.8 Å². The van der Waals surface area contributed by atoms with Crippen molar-refractivity contribution in [2.75, 3.05) is 44.3 Å². The predicted octanol–water partition coefficient (Wildman–Crippen LogP) is 2.06. The summed E-state index contributed by atoms with van der Waals surface area (Å²) < 4.78 is 38.6. The summed E-state index contributed by atoms with van der Waals surface area (Å²) in [6, 6.07) is 13.3. The average Bonchev–Trinajstić information content (AvgIpc) is 2.72. The van der Waals surface area contributed by atoms with E-state index >= 15 is 0 Å². The van der Waals surface area contributed by atoms with E-state index in [9.17, 15) is 13.2 Å². The minimum Gasteiger partial charge on any atom is -0.495 e. The van der Waals surface area contributed by atoms with E-state index in [2.05, 4.69) is 0 Å². The maximum absolute atomic E-state index is 13.4. The number of carbonyl (C=O) groups is 1. The third kappa shape index (κ3) is 4.28. The maximum Gasteiger partial charge on any atom is 0.264 e. The SMILES string of the molecule is COc1ccccc1N(CC(=O)N1CCOCC1)S(=O)(=O)c1ccc(C)cc1. The second-order valence-electron chi connectivity index (χ2n) is 6.49. The average molecular weight is 404 g/mol. The Labute approximate surface area is 165 Å². The summed E-state index contributed by atoms with van der Waals surface area (Å²) in [7, 11) is -2.49. The molecule has 2 aromatic carbocycles. The molecule has 1 fully saturated rings. The number of sulfonamides is 1. The van der Waals surface area contributed by atoms with E-state index in [1.165, 1.54) is 7.11 Å². The number of benzene rings is 2. The Morgan fingerprint density at radius 1 is 1.11 bits per heavy atom. The number of methoxy groups -OCH3 is 1. The van der Waals surface area contributed by atoms with Crippen molar-refractivity contribution in [3.63, 3.8) is 0 Å². The lowest BCUT2D eigenvalue weighted by atomic mass is 10.2. The Hall–Kier alpha value is -2.58. The summed E-state index contributed by atoms with van der Waals surface area (Å²) in [5, 5.41) is 0. The molecule has 28 heavy (non-hydrogen) atoms. The molecule has 0 saturated carbocycles. The Morgan fingerprint density at radius 3 is 2.39 bits per heavy atom. The van der Waals surface area contributed by atoms with Gasteiger partial charge in [0.05, 0.1) is 30.9 Å². The molecule has 0 bridgehead atoms. The molecule has 0 aromatic heterocycles. The van der Waals surface area contributed by atoms with Gasteiger partial charge in [0.25, 0.3) is 10.0 Å². The third-order valence-electron chi connectivity index (χ3n) is 4.61. The van der Waals surface area contributed by atoms with Gasteiger partial charge in [-0.2, -0.15) is 0 Å². The molecule has 8 heteroatoms. The van der Waals surface area contributed by atoms with Crippen LogP contribution in [-0.4, -0.2) is 59.2 Å². The predicted molar refractivity (Wildman–Crippen MR) is 106 cm³/mol. The van der Waals surface area contributed by atoms with E-state index in [1.807, 2.05) is 6.92 Å².